The molecule has 22 heterocycles. The minimum atomic E-state index is -2.16. The van der Waals surface area contributed by atoms with E-state index in [-0.39, 0.29) is 178 Å². The molecule has 0 amide bonds. The number of nitrogens with one attached hydrogen (secondary N) is 9. The number of phenols is 2. The summed E-state index contributed by atoms with van der Waals surface area (Å²) in [5, 5.41) is 233. The van der Waals surface area contributed by atoms with Gasteiger partial charge in [0.2, 0.25) is 0 Å². The van der Waals surface area contributed by atoms with Crippen molar-refractivity contribution in [2.24, 2.45) is 34.4 Å². The lowest BCUT2D eigenvalue weighted by molar-refractivity contribution is -0.392. The summed E-state index contributed by atoms with van der Waals surface area (Å²) in [5.41, 5.74) is 37.0. The molecule has 22 aliphatic heterocycles. The number of aromatic carboxylic acids is 1. The zero-order valence-electron chi connectivity index (χ0n) is 73.8. The maximum Gasteiger partial charge on any atom is 0.336 e. The maximum atomic E-state index is 13.1. The fourth-order valence-corrected chi connectivity index (χ4v) is 17.8. The zero-order chi connectivity index (χ0) is 95.3. The second-order valence-electron chi connectivity index (χ2n) is 34.5. The van der Waals surface area contributed by atoms with Crippen LogP contribution in [0.1, 0.15) is 77.9 Å². The standard InChI is InChI=1S/C84H139N15O33S/c85-14-1-20-91-31-47-69-56(103)63(110)78(120-47)128-71-49(33-93-22-3-16-87)122-80(65(112)58(71)105)130-73-51(35-95-24-5-18-89)124-82(67(114)60(73)107)132-75-53(37-97-26-7-27-98-84(133)99-38-8-11-41(44(28-38)76(116)117)54-42-12-9-39(100)29-45(42)118-46-30-40(101)10-13-43(46)54)125-83(68(115)61(75)108)131-74-52(36-96-25-6-19-90)123-81(66(113)59(74)106)129-72-50(34-94-23-4-17-88)121-79(64(111)57(72)104)127-70-48(32-92-21-2-15-86)119-77(126-69)62(109)55(70)102/h8-13,28-30,47-75,77-83,91-97,100-115H,1-7,14-27,31-37,85-90H2,(H,116,117)(H2,98,99,133)/t47-,48-,49-,50-,51-,52-,53-,55-,56-,57-,58-,59-,60-,61-,62-,63-,64-,65-,66-,67-,68-,69-,70-,71-,72-,73-,74-,75-,77-,78-,79-,80-,81-,82-,83-/m1/s1. The first-order chi connectivity index (χ1) is 64.1. The fraction of sp³-hybridized carbons (Fsp3) is 0.762. The van der Waals surface area contributed by atoms with Crippen molar-refractivity contribution in [1.82, 2.24) is 42.5 Å². The van der Waals surface area contributed by atoms with E-state index in [4.69, 9.17) is 118 Å². The van der Waals surface area contributed by atoms with Gasteiger partial charge in [0, 0.05) is 87.2 Å². The third-order valence-electron chi connectivity index (χ3n) is 24.8. The first-order valence-electron chi connectivity index (χ1n) is 45.7. The number of carbonyl (C=O) groups is 1. The number of phenolic OH excluding ortho intramolecular Hbond substituents is 2. The number of rotatable bonds is 39. The van der Waals surface area contributed by atoms with E-state index in [9.17, 15) is 91.6 Å². The number of hydrogen-bond acceptors (Lipinski definition) is 46. The molecule has 0 aromatic heterocycles. The highest BCUT2D eigenvalue weighted by molar-refractivity contribution is 7.80. The molecule has 35 atom stereocenters. The molecule has 133 heavy (non-hydrogen) atoms. The van der Waals surface area contributed by atoms with Gasteiger partial charge < -0.3 is 240 Å². The SMILES string of the molecule is NCCCNC[C@H]1O[C@@H]2O[C@H]3[C@H](O)[C@@H](O)[C@@H](O[C@H]4[C@H](O)[C@@H](O)[C@@H](O[C@H]5[C@H](O)[C@@H](O)[C@@H](O[C@H]6[C@H](O)[C@@H](O)[C@@H](O[C@H]7[C@H](O)[C@@H](O)[C@@H](O[C@H]8[C@H](O)[C@@H](O)[C@@H](O[C@H]1[C@H](O)[C@H]2O)O[C@@H]8CNCCCN)O[C@@H]7CNCCCN)O[C@@H]6CNCCCN)O[C@@H]5CNCCCNC(=S)Nc1ccc(C2c5ccc(O)cc5Oc5cc(O)ccc52)c(C(=O)O)c1)O[C@@H]4CNCCCN)O[C@@H]3CNCCCN. The number of thiocarbonyl (C=S) groups is 1. The van der Waals surface area contributed by atoms with E-state index in [1.807, 2.05) is 0 Å². The van der Waals surface area contributed by atoms with Crippen molar-refractivity contribution < 1.29 is 163 Å². The van der Waals surface area contributed by atoms with Crippen molar-refractivity contribution in [2.45, 2.75) is 266 Å². The topological polar surface area (TPSA) is 764 Å². The Morgan fingerprint density at radius 1 is 0.301 bits per heavy atom. The van der Waals surface area contributed by atoms with Gasteiger partial charge in [-0.05, 0) is 172 Å². The largest absolute Gasteiger partial charge is 0.508 e. The third-order valence-corrected chi connectivity index (χ3v) is 25.0. The quantitative estimate of drug-likeness (QED) is 0.0146. The van der Waals surface area contributed by atoms with Crippen LogP contribution >= 0.6 is 12.2 Å². The van der Waals surface area contributed by atoms with Crippen LogP contribution < -0.4 is 87.0 Å². The number of fused-ring (bicyclic) bond motifs is 2. The Morgan fingerprint density at radius 3 is 0.767 bits per heavy atom. The normalized spacial score (nSPS) is 37.3. The molecule has 14 bridgehead atoms. The molecule has 22 aliphatic rings. The van der Waals surface area contributed by atoms with Gasteiger partial charge in [-0.15, -0.1) is 0 Å². The van der Waals surface area contributed by atoms with Crippen LogP contribution in [-0.2, 0) is 66.3 Å². The number of anilines is 1. The van der Waals surface area contributed by atoms with E-state index in [0.29, 0.717) is 60.9 Å². The van der Waals surface area contributed by atoms with Crippen molar-refractivity contribution in [3.8, 4) is 23.0 Å². The van der Waals surface area contributed by atoms with Crippen molar-refractivity contribution in [3.63, 3.8) is 0 Å². The summed E-state index contributed by atoms with van der Waals surface area (Å²) < 4.78 is 96.6. The first-order valence-corrected chi connectivity index (χ1v) is 46.1. The lowest BCUT2D eigenvalue weighted by Gasteiger charge is -2.50. The van der Waals surface area contributed by atoms with Gasteiger partial charge in [0.05, 0.1) is 5.56 Å². The summed E-state index contributed by atoms with van der Waals surface area (Å²) >= 11 is 5.70. The average Bonchev–Trinajstić information content (AvgIpc) is 0.754. The molecule has 754 valence electrons. The number of nitrogens with two attached hydrogens (primary N) is 6. The van der Waals surface area contributed by atoms with Crippen molar-refractivity contribution in [1.29, 1.82) is 0 Å². The molecule has 3 aromatic rings. The Hall–Kier alpha value is -5.42. The molecule has 38 N–H and O–H groups in total. The fourth-order valence-electron chi connectivity index (χ4n) is 17.6. The molecule has 0 unspecified atom stereocenters. The van der Waals surface area contributed by atoms with Crippen LogP contribution in [0, 0.1) is 0 Å². The van der Waals surface area contributed by atoms with E-state index in [1.54, 1.807) is 24.3 Å². The van der Waals surface area contributed by atoms with E-state index in [0.717, 1.165) is 0 Å². The highest BCUT2D eigenvalue weighted by atomic mass is 32.1. The van der Waals surface area contributed by atoms with Gasteiger partial charge in [-0.25, -0.2) is 4.79 Å². The van der Waals surface area contributed by atoms with E-state index in [2.05, 4.69) is 47.9 Å². The molecule has 0 aliphatic carbocycles. The minimum absolute atomic E-state index is 0.0883. The first kappa shape index (κ1) is 106. The molecular weight excluding hydrogens is 1780 g/mol. The van der Waals surface area contributed by atoms with E-state index in [1.165, 1.54) is 30.3 Å². The van der Waals surface area contributed by atoms with Crippen LogP contribution in [0.15, 0.2) is 54.6 Å². The van der Waals surface area contributed by atoms with Crippen LogP contribution in [0.25, 0.3) is 0 Å². The predicted octanol–water partition coefficient (Wildman–Crippen LogP) is -11.2. The van der Waals surface area contributed by atoms with Crippen molar-refractivity contribution >= 4 is 29.0 Å². The summed E-state index contributed by atoms with van der Waals surface area (Å²) in [5.74, 6) is -1.65. The second kappa shape index (κ2) is 51.7. The molecule has 0 saturated carbocycles. The highest BCUT2D eigenvalue weighted by Crippen LogP contribution is 2.51. The van der Waals surface area contributed by atoms with E-state index >= 15 is 0 Å². The molecule has 48 nitrogen and oxygen atoms in total. The number of carboxylic acids is 1. The van der Waals surface area contributed by atoms with Gasteiger partial charge >= 0.3 is 5.97 Å². The molecule has 49 heteroatoms. The Kier molecular flexibility index (Phi) is 41.3. The van der Waals surface area contributed by atoms with E-state index < -0.39 is 227 Å². The summed E-state index contributed by atoms with van der Waals surface area (Å²) in [4.78, 5) is 13.1. The van der Waals surface area contributed by atoms with Crippen LogP contribution in [0.5, 0.6) is 23.0 Å². The van der Waals surface area contributed by atoms with Gasteiger partial charge in [-0.2, -0.15) is 0 Å². The van der Waals surface area contributed by atoms with Gasteiger partial charge in [-0.1, -0.05) is 18.2 Å². The van der Waals surface area contributed by atoms with Crippen LogP contribution in [0.2, 0.25) is 0 Å². The monoisotopic (exact) mass is 1920 g/mol. The Balaban J connectivity index is 0.847. The maximum absolute atomic E-state index is 13.1. The number of ether oxygens (including phenoxy) is 15. The van der Waals surface area contributed by atoms with Gasteiger partial charge in [0.1, 0.15) is 194 Å². The van der Waals surface area contributed by atoms with Crippen LogP contribution in [0.4, 0.5) is 5.69 Å². The number of benzene rings is 3. The predicted molar refractivity (Wildman–Crippen MR) is 470 cm³/mol. The van der Waals surface area contributed by atoms with Crippen molar-refractivity contribution in [2.75, 3.05) is 143 Å². The molecule has 21 fully saturated rings. The van der Waals surface area contributed by atoms with Crippen LogP contribution in [-0.4, -0.2) is 450 Å². The Morgan fingerprint density at radius 2 is 0.534 bits per heavy atom. The second-order valence-corrected chi connectivity index (χ2v) is 34.9. The summed E-state index contributed by atoms with van der Waals surface area (Å²) in [7, 11) is 0. The molecule has 0 spiro atoms. The molecular formula is C84H139N15O33S. The lowest BCUT2D eigenvalue weighted by Crippen LogP contribution is -2.69. The summed E-state index contributed by atoms with van der Waals surface area (Å²) in [6.07, 6.45) is -61.3. The number of carboxylic acid groups (broad SMARTS) is 1. The molecule has 3 aromatic carbocycles. The van der Waals surface area contributed by atoms with Crippen LogP contribution in [0.3, 0.4) is 0 Å². The summed E-state index contributed by atoms with van der Waals surface area (Å²) in [6, 6.07) is 13.6. The summed E-state index contributed by atoms with van der Waals surface area (Å²) in [6.45, 7) is 1.88. The molecule has 0 radical (unpaired) electrons. The van der Waals surface area contributed by atoms with Gasteiger partial charge in [-0.3, -0.25) is 0 Å². The Labute approximate surface area is 773 Å². The number of aliphatic hydroxyl groups excluding tert-OH is 14. The van der Waals surface area contributed by atoms with Crippen molar-refractivity contribution in [3.05, 3.63) is 76.9 Å². The number of hydrogen-bond donors (Lipinski definition) is 32. The molecule has 21 saturated heterocycles. The number of aliphatic hydroxyl groups is 14. The minimum Gasteiger partial charge on any atom is -0.508 e. The molecule has 25 rings (SSSR count). The van der Waals surface area contributed by atoms with Gasteiger partial charge in [0.15, 0.2) is 49.1 Å². The zero-order valence-corrected chi connectivity index (χ0v) is 74.6. The lowest BCUT2D eigenvalue weighted by atomic mass is 9.80. The van der Waals surface area contributed by atoms with Gasteiger partial charge in [0.25, 0.3) is 0 Å². The third kappa shape index (κ3) is 26.8. The average molecular weight is 1920 g/mol. The highest BCUT2D eigenvalue weighted by Gasteiger charge is 2.60. The smallest absolute Gasteiger partial charge is 0.336 e. The Bertz CT molecular complexity index is 3910. The number of aromatic hydroxyl groups is 2.